The van der Waals surface area contributed by atoms with E-state index >= 15 is 0 Å². The number of carbonyl (C=O) groups is 1. The summed E-state index contributed by atoms with van der Waals surface area (Å²) in [4.78, 5) is 15.3. The molecule has 1 aromatic carbocycles. The summed E-state index contributed by atoms with van der Waals surface area (Å²) >= 11 is 0. The van der Waals surface area contributed by atoms with E-state index in [1.54, 1.807) is 0 Å². The highest BCUT2D eigenvalue weighted by Gasteiger charge is 2.35. The predicted molar refractivity (Wildman–Crippen MR) is 68.1 cm³/mol. The molecule has 1 aliphatic rings. The van der Waals surface area contributed by atoms with Crippen LogP contribution in [0.1, 0.15) is 35.8 Å². The van der Waals surface area contributed by atoms with E-state index in [9.17, 15) is 4.79 Å². The number of benzene rings is 1. The predicted octanol–water partition coefficient (Wildman–Crippen LogP) is 3.62. The van der Waals surface area contributed by atoms with Gasteiger partial charge >= 0.3 is 0 Å². The Hall–Kier alpha value is -1.83. The van der Waals surface area contributed by atoms with Crippen LogP contribution in [0.15, 0.2) is 36.4 Å². The second-order valence-corrected chi connectivity index (χ2v) is 4.82. The number of nitrogens with one attached hydrogen (secondary N) is 1. The van der Waals surface area contributed by atoms with Crippen molar-refractivity contribution >= 4 is 5.78 Å². The lowest BCUT2D eigenvalue weighted by molar-refractivity contribution is 0.0932. The molecule has 2 atom stereocenters. The van der Waals surface area contributed by atoms with Crippen molar-refractivity contribution in [3.8, 4) is 11.3 Å². The third-order valence-corrected chi connectivity index (χ3v) is 3.83. The van der Waals surface area contributed by atoms with Crippen LogP contribution in [-0.4, -0.2) is 10.8 Å². The van der Waals surface area contributed by atoms with Crippen molar-refractivity contribution in [1.29, 1.82) is 0 Å². The maximum atomic E-state index is 12.0. The Balaban J connectivity index is 2.09. The molecule has 1 N–H and O–H groups in total. The molecule has 0 unspecified atom stereocenters. The first-order chi connectivity index (χ1) is 8.18. The summed E-state index contributed by atoms with van der Waals surface area (Å²) in [6.07, 6.45) is 0. The van der Waals surface area contributed by atoms with Crippen LogP contribution < -0.4 is 0 Å². The molecule has 0 aliphatic heterocycles. The fourth-order valence-electron chi connectivity index (χ4n) is 2.53. The summed E-state index contributed by atoms with van der Waals surface area (Å²) in [7, 11) is 0. The highest BCUT2D eigenvalue weighted by molar-refractivity contribution is 6.02. The molecule has 86 valence electrons. The van der Waals surface area contributed by atoms with E-state index in [-0.39, 0.29) is 11.7 Å². The number of aromatic nitrogens is 1. The number of ketones is 1. The molecule has 0 fully saturated rings. The van der Waals surface area contributed by atoms with Gasteiger partial charge in [0.1, 0.15) is 0 Å². The quantitative estimate of drug-likeness (QED) is 0.790. The molecule has 1 aromatic heterocycles. The molecular weight excluding hydrogens is 210 g/mol. The molecule has 1 aliphatic carbocycles. The van der Waals surface area contributed by atoms with Gasteiger partial charge in [0.2, 0.25) is 0 Å². The third-order valence-electron chi connectivity index (χ3n) is 3.83. The van der Waals surface area contributed by atoms with Gasteiger partial charge in [0.25, 0.3) is 0 Å². The van der Waals surface area contributed by atoms with Gasteiger partial charge in [-0.05, 0) is 23.1 Å². The second-order valence-electron chi connectivity index (χ2n) is 4.82. The molecule has 0 radical (unpaired) electrons. The van der Waals surface area contributed by atoms with E-state index in [0.717, 1.165) is 17.0 Å². The molecule has 17 heavy (non-hydrogen) atoms. The number of aromatic amines is 1. The van der Waals surface area contributed by atoms with Crippen LogP contribution in [0.5, 0.6) is 0 Å². The second kappa shape index (κ2) is 3.59. The molecule has 0 saturated carbocycles. The Kier molecular flexibility index (Phi) is 2.18. The summed E-state index contributed by atoms with van der Waals surface area (Å²) in [6.45, 7) is 4.13. The van der Waals surface area contributed by atoms with Crippen molar-refractivity contribution in [2.24, 2.45) is 5.92 Å². The first-order valence-electron chi connectivity index (χ1n) is 6.01. The minimum Gasteiger partial charge on any atom is -0.352 e. The minimum absolute atomic E-state index is 0.112. The molecule has 0 bridgehead atoms. The Morgan fingerprint density at radius 1 is 1.06 bits per heavy atom. The van der Waals surface area contributed by atoms with Crippen molar-refractivity contribution in [3.63, 3.8) is 0 Å². The summed E-state index contributed by atoms with van der Waals surface area (Å²) in [5, 5.41) is 0. The number of Topliss-reactive ketones (excluding diaryl/α,β-unsaturated/α-hetero) is 1. The fourth-order valence-corrected chi connectivity index (χ4v) is 2.53. The van der Waals surface area contributed by atoms with Gasteiger partial charge in [-0.1, -0.05) is 44.2 Å². The maximum absolute atomic E-state index is 12.0. The standard InChI is InChI=1S/C15H15NO/c1-9-10(2)15(17)14-12(9)8-13(16-14)11-6-4-3-5-7-11/h3-10,16H,1-2H3/t9-,10-/m0/s1. The molecule has 0 saturated heterocycles. The van der Waals surface area contributed by atoms with Crippen LogP contribution in [0.3, 0.4) is 0 Å². The summed E-state index contributed by atoms with van der Waals surface area (Å²) in [5.74, 6) is 0.682. The Morgan fingerprint density at radius 3 is 2.41 bits per heavy atom. The maximum Gasteiger partial charge on any atom is 0.182 e. The average molecular weight is 225 g/mol. The Morgan fingerprint density at radius 2 is 1.76 bits per heavy atom. The van der Waals surface area contributed by atoms with Crippen LogP contribution >= 0.6 is 0 Å². The van der Waals surface area contributed by atoms with Gasteiger partial charge in [0.15, 0.2) is 5.78 Å². The first-order valence-corrected chi connectivity index (χ1v) is 6.01. The molecule has 0 spiro atoms. The Labute approximate surface area is 101 Å². The zero-order valence-corrected chi connectivity index (χ0v) is 10.0. The van der Waals surface area contributed by atoms with Crippen molar-refractivity contribution in [3.05, 3.63) is 47.7 Å². The van der Waals surface area contributed by atoms with Crippen molar-refractivity contribution in [1.82, 2.24) is 4.98 Å². The molecule has 1 heterocycles. The molecule has 2 nitrogen and oxygen atoms in total. The summed E-state index contributed by atoms with van der Waals surface area (Å²) < 4.78 is 0. The van der Waals surface area contributed by atoms with Crippen LogP contribution in [0, 0.1) is 5.92 Å². The molecule has 0 amide bonds. The average Bonchev–Trinajstić information content (AvgIpc) is 2.88. The van der Waals surface area contributed by atoms with Crippen LogP contribution in [0.25, 0.3) is 11.3 Å². The normalized spacial score (nSPS) is 22.8. The lowest BCUT2D eigenvalue weighted by atomic mass is 9.96. The van der Waals surface area contributed by atoms with Gasteiger partial charge in [-0.2, -0.15) is 0 Å². The molecule has 2 aromatic rings. The van der Waals surface area contributed by atoms with Gasteiger partial charge < -0.3 is 4.98 Å². The zero-order valence-electron chi connectivity index (χ0n) is 10.0. The van der Waals surface area contributed by atoms with E-state index in [1.807, 2.05) is 25.1 Å². The van der Waals surface area contributed by atoms with E-state index in [4.69, 9.17) is 0 Å². The van der Waals surface area contributed by atoms with Gasteiger partial charge in [-0.3, -0.25) is 4.79 Å². The smallest absolute Gasteiger partial charge is 0.182 e. The van der Waals surface area contributed by atoms with Gasteiger partial charge in [-0.15, -0.1) is 0 Å². The lowest BCUT2D eigenvalue weighted by Crippen LogP contribution is -2.07. The van der Waals surface area contributed by atoms with E-state index < -0.39 is 0 Å². The van der Waals surface area contributed by atoms with Crippen LogP contribution in [0.2, 0.25) is 0 Å². The topological polar surface area (TPSA) is 32.9 Å². The van der Waals surface area contributed by atoms with Crippen molar-refractivity contribution < 1.29 is 4.79 Å². The SMILES string of the molecule is C[C@@H]1C(=O)c2[nH]c(-c3ccccc3)cc2[C@H]1C. The van der Waals surface area contributed by atoms with Gasteiger partial charge in [-0.25, -0.2) is 0 Å². The monoisotopic (exact) mass is 225 g/mol. The first kappa shape index (κ1) is 10.3. The summed E-state index contributed by atoms with van der Waals surface area (Å²) in [5.41, 5.74) is 4.16. The third kappa shape index (κ3) is 1.44. The van der Waals surface area contributed by atoms with E-state index in [1.165, 1.54) is 5.56 Å². The number of carbonyl (C=O) groups excluding carboxylic acids is 1. The molecular formula is C15H15NO. The number of rotatable bonds is 1. The van der Waals surface area contributed by atoms with Gasteiger partial charge in [0, 0.05) is 11.6 Å². The number of fused-ring (bicyclic) bond motifs is 1. The molecule has 2 heteroatoms. The van der Waals surface area contributed by atoms with Crippen LogP contribution in [0.4, 0.5) is 0 Å². The zero-order chi connectivity index (χ0) is 12.0. The summed E-state index contributed by atoms with van der Waals surface area (Å²) in [6, 6.07) is 12.2. The van der Waals surface area contributed by atoms with Gasteiger partial charge in [0.05, 0.1) is 5.69 Å². The van der Waals surface area contributed by atoms with Crippen molar-refractivity contribution in [2.45, 2.75) is 19.8 Å². The largest absolute Gasteiger partial charge is 0.352 e. The van der Waals surface area contributed by atoms with E-state index in [2.05, 4.69) is 30.1 Å². The fraction of sp³-hybridized carbons (Fsp3) is 0.267. The number of hydrogen-bond donors (Lipinski definition) is 1. The Bertz CT molecular complexity index is 568. The number of hydrogen-bond acceptors (Lipinski definition) is 1. The molecule has 3 rings (SSSR count). The number of H-pyrrole nitrogens is 1. The highest BCUT2D eigenvalue weighted by atomic mass is 16.1. The lowest BCUT2D eigenvalue weighted by Gasteiger charge is -2.07. The van der Waals surface area contributed by atoms with E-state index in [0.29, 0.717) is 5.92 Å². The minimum atomic E-state index is 0.112. The highest BCUT2D eigenvalue weighted by Crippen LogP contribution is 2.39. The van der Waals surface area contributed by atoms with Crippen LogP contribution in [-0.2, 0) is 0 Å². The van der Waals surface area contributed by atoms with Crippen molar-refractivity contribution in [2.75, 3.05) is 0 Å².